The first-order chi connectivity index (χ1) is 15.1. The number of para-hydroxylation sites is 2. The number of amides is 1. The number of methoxy groups -OCH3 is 1. The van der Waals surface area contributed by atoms with Crippen molar-refractivity contribution in [2.45, 2.75) is 6.23 Å². The number of fused-ring (bicyclic) bond motifs is 1. The predicted octanol–water partition coefficient (Wildman–Crippen LogP) is 4.86. The Morgan fingerprint density at radius 2 is 1.87 bits per heavy atom. The van der Waals surface area contributed by atoms with Gasteiger partial charge in [0.2, 0.25) is 0 Å². The Morgan fingerprint density at radius 1 is 1.03 bits per heavy atom. The SMILES string of the molecule is COc1cccc(Oc2ccccc2NC(O)CNC(=O)c2ccc3sccc3c2)c1. The van der Waals surface area contributed by atoms with Crippen molar-refractivity contribution < 1.29 is 19.4 Å². The summed E-state index contributed by atoms with van der Waals surface area (Å²) in [6, 6.07) is 22.1. The van der Waals surface area contributed by atoms with E-state index in [0.29, 0.717) is 28.5 Å². The van der Waals surface area contributed by atoms with Crippen LogP contribution in [0.25, 0.3) is 10.1 Å². The van der Waals surface area contributed by atoms with Crippen LogP contribution in [-0.2, 0) is 0 Å². The van der Waals surface area contributed by atoms with Crippen LogP contribution in [0.2, 0.25) is 0 Å². The second-order valence-electron chi connectivity index (χ2n) is 6.82. The molecule has 3 N–H and O–H groups in total. The first-order valence-electron chi connectivity index (χ1n) is 9.73. The Balaban J connectivity index is 1.38. The largest absolute Gasteiger partial charge is 0.497 e. The maximum Gasteiger partial charge on any atom is 0.251 e. The quantitative estimate of drug-likeness (QED) is 0.345. The Hall–Kier alpha value is -3.55. The van der Waals surface area contributed by atoms with Gasteiger partial charge >= 0.3 is 0 Å². The molecule has 158 valence electrons. The van der Waals surface area contributed by atoms with E-state index < -0.39 is 6.23 Å². The number of rotatable bonds is 8. The smallest absolute Gasteiger partial charge is 0.251 e. The Bertz CT molecular complexity index is 1190. The molecule has 7 heteroatoms. The highest BCUT2D eigenvalue weighted by atomic mass is 32.1. The number of hydrogen-bond donors (Lipinski definition) is 3. The summed E-state index contributed by atoms with van der Waals surface area (Å²) in [5.74, 6) is 1.60. The zero-order valence-corrected chi connectivity index (χ0v) is 17.7. The normalized spacial score (nSPS) is 11.7. The van der Waals surface area contributed by atoms with Crippen LogP contribution in [0.3, 0.4) is 0 Å². The number of ether oxygens (including phenoxy) is 2. The maximum atomic E-state index is 12.5. The van der Waals surface area contributed by atoms with Gasteiger partial charge in [-0.05, 0) is 59.3 Å². The zero-order chi connectivity index (χ0) is 21.6. The van der Waals surface area contributed by atoms with Crippen LogP contribution in [0, 0.1) is 0 Å². The summed E-state index contributed by atoms with van der Waals surface area (Å²) in [6.45, 7) is 0.0357. The lowest BCUT2D eigenvalue weighted by Gasteiger charge is -2.18. The van der Waals surface area contributed by atoms with Crippen LogP contribution in [0.15, 0.2) is 78.2 Å². The number of carbonyl (C=O) groups excluding carboxylic acids is 1. The molecule has 1 atom stereocenters. The fourth-order valence-electron chi connectivity index (χ4n) is 3.10. The van der Waals surface area contributed by atoms with Crippen molar-refractivity contribution in [3.05, 3.63) is 83.7 Å². The minimum atomic E-state index is -0.996. The number of carbonyl (C=O) groups is 1. The van der Waals surface area contributed by atoms with Gasteiger partial charge in [-0.25, -0.2) is 0 Å². The molecule has 0 saturated carbocycles. The minimum Gasteiger partial charge on any atom is -0.497 e. The molecule has 1 aromatic heterocycles. The molecule has 0 aliphatic rings. The zero-order valence-electron chi connectivity index (χ0n) is 16.9. The van der Waals surface area contributed by atoms with E-state index in [4.69, 9.17) is 9.47 Å². The van der Waals surface area contributed by atoms with Crippen LogP contribution in [0.5, 0.6) is 17.2 Å². The summed E-state index contributed by atoms with van der Waals surface area (Å²) in [5, 5.41) is 19.2. The molecule has 0 aliphatic carbocycles. The third-order valence-electron chi connectivity index (χ3n) is 4.65. The summed E-state index contributed by atoms with van der Waals surface area (Å²) in [4.78, 5) is 12.5. The highest BCUT2D eigenvalue weighted by Gasteiger charge is 2.12. The molecule has 0 aliphatic heterocycles. The molecule has 0 bridgehead atoms. The Labute approximate surface area is 184 Å². The van der Waals surface area contributed by atoms with Gasteiger partial charge < -0.3 is 25.2 Å². The van der Waals surface area contributed by atoms with Gasteiger partial charge in [0.25, 0.3) is 5.91 Å². The summed E-state index contributed by atoms with van der Waals surface area (Å²) >= 11 is 1.63. The average Bonchev–Trinajstić information content (AvgIpc) is 3.27. The number of benzene rings is 3. The van der Waals surface area contributed by atoms with E-state index in [0.717, 1.165) is 10.1 Å². The van der Waals surface area contributed by atoms with E-state index in [-0.39, 0.29) is 12.5 Å². The van der Waals surface area contributed by atoms with Crippen molar-refractivity contribution in [3.63, 3.8) is 0 Å². The molecule has 1 amide bonds. The third-order valence-corrected chi connectivity index (χ3v) is 5.55. The second kappa shape index (κ2) is 9.51. The molecule has 31 heavy (non-hydrogen) atoms. The highest BCUT2D eigenvalue weighted by Crippen LogP contribution is 2.31. The molecule has 0 saturated heterocycles. The minimum absolute atomic E-state index is 0.0357. The molecule has 0 radical (unpaired) electrons. The first-order valence-corrected chi connectivity index (χ1v) is 10.6. The number of nitrogens with one attached hydrogen (secondary N) is 2. The number of aliphatic hydroxyl groups excluding tert-OH is 1. The molecule has 3 aromatic carbocycles. The van der Waals surface area contributed by atoms with Crippen LogP contribution in [-0.4, -0.2) is 30.9 Å². The standard InChI is InChI=1S/C24H22N2O4S/c1-29-18-5-4-6-19(14-18)30-21-8-3-2-7-20(21)26-23(27)15-25-24(28)17-9-10-22-16(13-17)11-12-31-22/h2-14,23,26-27H,15H2,1H3,(H,25,28). The summed E-state index contributed by atoms with van der Waals surface area (Å²) in [7, 11) is 1.59. The molecule has 4 aromatic rings. The van der Waals surface area contributed by atoms with Crippen molar-refractivity contribution in [3.8, 4) is 17.2 Å². The van der Waals surface area contributed by atoms with Gasteiger partial charge in [-0.15, -0.1) is 11.3 Å². The van der Waals surface area contributed by atoms with Gasteiger partial charge in [-0.3, -0.25) is 4.79 Å². The van der Waals surface area contributed by atoms with Gasteiger partial charge in [-0.1, -0.05) is 18.2 Å². The van der Waals surface area contributed by atoms with Crippen LogP contribution < -0.4 is 20.1 Å². The molecule has 0 spiro atoms. The van der Waals surface area contributed by atoms with Crippen molar-refractivity contribution in [1.82, 2.24) is 5.32 Å². The molecule has 1 unspecified atom stereocenters. The highest BCUT2D eigenvalue weighted by molar-refractivity contribution is 7.17. The van der Waals surface area contributed by atoms with E-state index in [1.165, 1.54) is 0 Å². The summed E-state index contributed by atoms with van der Waals surface area (Å²) in [5.41, 5.74) is 1.16. The van der Waals surface area contributed by atoms with E-state index in [1.807, 2.05) is 53.9 Å². The fraction of sp³-hybridized carbons (Fsp3) is 0.125. The lowest BCUT2D eigenvalue weighted by molar-refractivity contribution is 0.0927. The number of aliphatic hydroxyl groups is 1. The topological polar surface area (TPSA) is 79.8 Å². The molecule has 0 fully saturated rings. The van der Waals surface area contributed by atoms with Gasteiger partial charge in [0.15, 0.2) is 5.75 Å². The van der Waals surface area contributed by atoms with Crippen LogP contribution >= 0.6 is 11.3 Å². The van der Waals surface area contributed by atoms with Crippen molar-refractivity contribution in [2.24, 2.45) is 0 Å². The molecule has 6 nitrogen and oxygen atoms in total. The van der Waals surface area contributed by atoms with Crippen molar-refractivity contribution >= 4 is 33.0 Å². The third kappa shape index (κ3) is 5.14. The molecular formula is C24H22N2O4S. The van der Waals surface area contributed by atoms with Gasteiger partial charge in [-0.2, -0.15) is 0 Å². The van der Waals surface area contributed by atoms with E-state index in [1.54, 1.807) is 42.7 Å². The lowest BCUT2D eigenvalue weighted by Crippen LogP contribution is -2.36. The lowest BCUT2D eigenvalue weighted by atomic mass is 10.1. The van der Waals surface area contributed by atoms with Crippen LogP contribution in [0.1, 0.15) is 10.4 Å². The van der Waals surface area contributed by atoms with E-state index in [2.05, 4.69) is 10.6 Å². The number of thiophene rings is 1. The molecule has 1 heterocycles. The number of anilines is 1. The van der Waals surface area contributed by atoms with Gasteiger partial charge in [0.1, 0.15) is 17.7 Å². The molecule has 4 rings (SSSR count). The summed E-state index contributed by atoms with van der Waals surface area (Å²) in [6.07, 6.45) is -0.996. The predicted molar refractivity (Wildman–Crippen MR) is 123 cm³/mol. The second-order valence-corrected chi connectivity index (χ2v) is 7.77. The monoisotopic (exact) mass is 434 g/mol. The average molecular weight is 435 g/mol. The Morgan fingerprint density at radius 3 is 2.74 bits per heavy atom. The maximum absolute atomic E-state index is 12.5. The van der Waals surface area contributed by atoms with E-state index in [9.17, 15) is 9.90 Å². The van der Waals surface area contributed by atoms with Crippen molar-refractivity contribution in [1.29, 1.82) is 0 Å². The van der Waals surface area contributed by atoms with Crippen molar-refractivity contribution in [2.75, 3.05) is 19.0 Å². The number of hydrogen-bond acceptors (Lipinski definition) is 6. The van der Waals surface area contributed by atoms with E-state index >= 15 is 0 Å². The molecular weight excluding hydrogens is 412 g/mol. The summed E-state index contributed by atoms with van der Waals surface area (Å²) < 4.78 is 12.3. The van der Waals surface area contributed by atoms with Gasteiger partial charge in [0.05, 0.1) is 19.3 Å². The van der Waals surface area contributed by atoms with Crippen LogP contribution in [0.4, 0.5) is 5.69 Å². The van der Waals surface area contributed by atoms with Gasteiger partial charge in [0, 0.05) is 16.3 Å². The first kappa shape index (κ1) is 20.7. The fourth-order valence-corrected chi connectivity index (χ4v) is 3.87. The Kier molecular flexibility index (Phi) is 6.35.